The summed E-state index contributed by atoms with van der Waals surface area (Å²) in [7, 11) is -2.04. The first kappa shape index (κ1) is 20.0. The molecule has 7 nitrogen and oxygen atoms in total. The van der Waals surface area contributed by atoms with Gasteiger partial charge >= 0.3 is 0 Å². The van der Waals surface area contributed by atoms with Crippen LogP contribution in [0, 0.1) is 0 Å². The lowest BCUT2D eigenvalue weighted by atomic mass is 10.1. The van der Waals surface area contributed by atoms with Gasteiger partial charge in [-0.2, -0.15) is 0 Å². The number of benzene rings is 2. The van der Waals surface area contributed by atoms with Gasteiger partial charge in [-0.15, -0.1) is 0 Å². The quantitative estimate of drug-likeness (QED) is 0.745. The minimum Gasteiger partial charge on any atom is -0.497 e. The predicted molar refractivity (Wildman–Crippen MR) is 109 cm³/mol. The molecule has 0 bridgehead atoms. The van der Waals surface area contributed by atoms with Gasteiger partial charge in [0.2, 0.25) is 10.0 Å². The summed E-state index contributed by atoms with van der Waals surface area (Å²) in [6.07, 6.45) is 2.25. The first-order valence-corrected chi connectivity index (χ1v) is 11.3. The van der Waals surface area contributed by atoms with E-state index in [4.69, 9.17) is 14.2 Å². The summed E-state index contributed by atoms with van der Waals surface area (Å²) in [6, 6.07) is 12.5. The van der Waals surface area contributed by atoms with Crippen LogP contribution in [0.1, 0.15) is 24.4 Å². The molecule has 29 heavy (non-hydrogen) atoms. The number of likely N-dealkylation sites (tertiary alicyclic amines) is 1. The fourth-order valence-corrected chi connectivity index (χ4v) is 4.85. The van der Waals surface area contributed by atoms with Crippen molar-refractivity contribution in [3.63, 3.8) is 0 Å². The molecule has 1 saturated heterocycles. The van der Waals surface area contributed by atoms with Crippen molar-refractivity contribution in [2.45, 2.75) is 23.8 Å². The van der Waals surface area contributed by atoms with Gasteiger partial charge < -0.3 is 14.2 Å². The van der Waals surface area contributed by atoms with Gasteiger partial charge in [0.1, 0.15) is 19.0 Å². The molecule has 2 aliphatic heterocycles. The third kappa shape index (κ3) is 4.49. The third-order valence-corrected chi connectivity index (χ3v) is 6.79. The Morgan fingerprint density at radius 3 is 2.41 bits per heavy atom. The lowest BCUT2D eigenvalue weighted by molar-refractivity contribution is 0.171. The number of hydrogen-bond acceptors (Lipinski definition) is 6. The van der Waals surface area contributed by atoms with Crippen LogP contribution < -0.4 is 18.9 Å². The molecule has 0 aliphatic carbocycles. The van der Waals surface area contributed by atoms with Crippen molar-refractivity contribution in [1.29, 1.82) is 0 Å². The molecule has 0 unspecified atom stereocenters. The number of hydrogen-bond donors (Lipinski definition) is 1. The summed E-state index contributed by atoms with van der Waals surface area (Å²) < 4.78 is 44.9. The van der Waals surface area contributed by atoms with E-state index in [1.807, 2.05) is 24.3 Å². The fraction of sp³-hybridized carbons (Fsp3) is 0.429. The highest BCUT2D eigenvalue weighted by atomic mass is 32.2. The highest BCUT2D eigenvalue weighted by Gasteiger charge is 2.26. The molecule has 0 aromatic heterocycles. The average Bonchev–Trinajstić information content (AvgIpc) is 3.28. The number of nitrogens with zero attached hydrogens (tertiary/aromatic N) is 1. The van der Waals surface area contributed by atoms with Gasteiger partial charge in [0, 0.05) is 18.7 Å². The minimum atomic E-state index is -3.68. The molecule has 1 N–H and O–H groups in total. The van der Waals surface area contributed by atoms with Gasteiger partial charge in [0.05, 0.1) is 12.0 Å². The number of rotatable bonds is 7. The smallest absolute Gasteiger partial charge is 0.240 e. The summed E-state index contributed by atoms with van der Waals surface area (Å²) in [5.74, 6) is 1.82. The number of fused-ring (bicyclic) bond motifs is 1. The van der Waals surface area contributed by atoms with E-state index in [9.17, 15) is 8.42 Å². The molecule has 156 valence electrons. The molecule has 2 aromatic rings. The van der Waals surface area contributed by atoms with Crippen LogP contribution >= 0.6 is 0 Å². The standard InChI is InChI=1S/C21H26N2O5S/c1-26-17-6-4-16(5-7-17)19(23-10-2-3-11-23)15-22-29(24,25)18-8-9-20-21(14-18)28-13-12-27-20/h4-9,14,19,22H,2-3,10-13,15H2,1H3/t19-/m1/s1. The summed E-state index contributed by atoms with van der Waals surface area (Å²) >= 11 is 0. The molecule has 0 radical (unpaired) electrons. The highest BCUT2D eigenvalue weighted by molar-refractivity contribution is 7.89. The van der Waals surface area contributed by atoms with Crippen LogP contribution in [0.25, 0.3) is 0 Å². The number of sulfonamides is 1. The Bertz CT molecular complexity index is 940. The second-order valence-electron chi connectivity index (χ2n) is 7.19. The van der Waals surface area contributed by atoms with Crippen LogP contribution in [0.3, 0.4) is 0 Å². The second-order valence-corrected chi connectivity index (χ2v) is 8.96. The van der Waals surface area contributed by atoms with Crippen LogP contribution in [-0.2, 0) is 10.0 Å². The van der Waals surface area contributed by atoms with Crippen molar-refractivity contribution in [3.05, 3.63) is 48.0 Å². The van der Waals surface area contributed by atoms with Crippen molar-refractivity contribution in [3.8, 4) is 17.2 Å². The number of methoxy groups -OCH3 is 1. The molecule has 2 aromatic carbocycles. The second kappa shape index (κ2) is 8.61. The Balaban J connectivity index is 1.52. The Hall–Kier alpha value is -2.29. The average molecular weight is 419 g/mol. The minimum absolute atomic E-state index is 0.0320. The van der Waals surface area contributed by atoms with E-state index in [0.29, 0.717) is 31.3 Å². The molecule has 2 heterocycles. The zero-order valence-corrected chi connectivity index (χ0v) is 17.3. The molecule has 8 heteroatoms. The van der Waals surface area contributed by atoms with Gasteiger partial charge in [-0.25, -0.2) is 13.1 Å². The Labute approximate surface area is 171 Å². The molecule has 0 amide bonds. The lowest BCUT2D eigenvalue weighted by Crippen LogP contribution is -2.36. The fourth-order valence-electron chi connectivity index (χ4n) is 3.80. The van der Waals surface area contributed by atoms with E-state index in [0.717, 1.165) is 37.2 Å². The monoisotopic (exact) mass is 418 g/mol. The highest BCUT2D eigenvalue weighted by Crippen LogP contribution is 2.32. The zero-order valence-electron chi connectivity index (χ0n) is 16.5. The van der Waals surface area contributed by atoms with Crippen LogP contribution in [0.5, 0.6) is 17.2 Å². The van der Waals surface area contributed by atoms with Crippen LogP contribution in [0.2, 0.25) is 0 Å². The molecule has 0 spiro atoms. The van der Waals surface area contributed by atoms with Crippen molar-refractivity contribution in [2.75, 3.05) is 40.0 Å². The molecule has 0 saturated carbocycles. The number of ether oxygens (including phenoxy) is 3. The summed E-state index contributed by atoms with van der Waals surface area (Å²) in [5.41, 5.74) is 1.07. The summed E-state index contributed by atoms with van der Waals surface area (Å²) in [4.78, 5) is 2.50. The van der Waals surface area contributed by atoms with Gasteiger partial charge in [-0.1, -0.05) is 12.1 Å². The van der Waals surface area contributed by atoms with E-state index in [2.05, 4.69) is 9.62 Å². The lowest BCUT2D eigenvalue weighted by Gasteiger charge is -2.28. The van der Waals surface area contributed by atoms with E-state index < -0.39 is 10.0 Å². The maximum Gasteiger partial charge on any atom is 0.240 e. The topological polar surface area (TPSA) is 77.1 Å². The van der Waals surface area contributed by atoms with Crippen LogP contribution in [0.4, 0.5) is 0 Å². The largest absolute Gasteiger partial charge is 0.497 e. The van der Waals surface area contributed by atoms with Crippen molar-refractivity contribution in [2.24, 2.45) is 0 Å². The summed E-state index contributed by atoms with van der Waals surface area (Å²) in [5, 5.41) is 0. The maximum atomic E-state index is 12.9. The molecule has 1 atom stereocenters. The predicted octanol–water partition coefficient (Wildman–Crippen LogP) is 2.58. The van der Waals surface area contributed by atoms with Gasteiger partial charge in [0.15, 0.2) is 11.5 Å². The van der Waals surface area contributed by atoms with Crippen LogP contribution in [0.15, 0.2) is 47.4 Å². The normalized spacial score (nSPS) is 17.8. The molecule has 2 aliphatic rings. The van der Waals surface area contributed by atoms with Crippen molar-refractivity contribution in [1.82, 2.24) is 9.62 Å². The first-order valence-electron chi connectivity index (χ1n) is 9.84. The molecule has 4 rings (SSSR count). The van der Waals surface area contributed by atoms with Crippen molar-refractivity contribution < 1.29 is 22.6 Å². The molecular formula is C21H26N2O5S. The van der Waals surface area contributed by atoms with Crippen molar-refractivity contribution >= 4 is 10.0 Å². The SMILES string of the molecule is COc1ccc([C@@H](CNS(=O)(=O)c2ccc3c(c2)OCCO3)N2CCCC2)cc1. The Morgan fingerprint density at radius 1 is 1.03 bits per heavy atom. The Morgan fingerprint density at radius 2 is 1.72 bits per heavy atom. The van der Waals surface area contributed by atoms with E-state index >= 15 is 0 Å². The molecule has 1 fully saturated rings. The summed E-state index contributed by atoms with van der Waals surface area (Å²) in [6.45, 7) is 3.10. The number of nitrogens with one attached hydrogen (secondary N) is 1. The van der Waals surface area contributed by atoms with Gasteiger partial charge in [-0.05, 0) is 55.8 Å². The Kier molecular flexibility index (Phi) is 5.94. The maximum absolute atomic E-state index is 12.9. The van der Waals surface area contributed by atoms with Gasteiger partial charge in [0.25, 0.3) is 0 Å². The van der Waals surface area contributed by atoms with E-state index in [1.54, 1.807) is 19.2 Å². The zero-order chi connectivity index (χ0) is 20.3. The van der Waals surface area contributed by atoms with Gasteiger partial charge in [-0.3, -0.25) is 4.90 Å². The van der Waals surface area contributed by atoms with E-state index in [-0.39, 0.29) is 10.9 Å². The molecular weight excluding hydrogens is 392 g/mol. The van der Waals surface area contributed by atoms with Crippen LogP contribution in [-0.4, -0.2) is 53.3 Å². The third-order valence-electron chi connectivity index (χ3n) is 5.37. The first-order chi connectivity index (χ1) is 14.1. The van der Waals surface area contributed by atoms with E-state index in [1.165, 1.54) is 6.07 Å².